The van der Waals surface area contributed by atoms with E-state index in [1.807, 2.05) is 12.1 Å². The van der Waals surface area contributed by atoms with Crippen LogP contribution in [0.4, 0.5) is 0 Å². The zero-order valence-corrected chi connectivity index (χ0v) is 14.3. The highest BCUT2D eigenvalue weighted by Gasteiger charge is 2.18. The van der Waals surface area contributed by atoms with Crippen molar-refractivity contribution in [2.45, 2.75) is 25.8 Å². The smallest absolute Gasteiger partial charge is 0.287 e. The van der Waals surface area contributed by atoms with E-state index in [4.69, 9.17) is 4.42 Å². The van der Waals surface area contributed by atoms with Gasteiger partial charge in [-0.05, 0) is 38.4 Å². The largest absolute Gasteiger partial charge is 0.451 e. The Morgan fingerprint density at radius 1 is 1.17 bits per heavy atom. The van der Waals surface area contributed by atoms with Gasteiger partial charge in [-0.3, -0.25) is 9.59 Å². The summed E-state index contributed by atoms with van der Waals surface area (Å²) in [6.45, 7) is 3.34. The molecule has 1 atom stereocenters. The topological polar surface area (TPSA) is 71.3 Å². The first-order valence-electron chi connectivity index (χ1n) is 7.86. The van der Waals surface area contributed by atoms with Crippen LogP contribution >= 0.6 is 12.4 Å². The molecule has 3 rings (SSSR count). The number of ketones is 1. The first-order chi connectivity index (χ1) is 11.1. The zero-order chi connectivity index (χ0) is 16.2. The SMILES string of the molecule is CC(=O)c1ccc(-c2ccc(C(=O)N[C@H]3CCCNC3)o2)cc1.Cl. The first kappa shape index (κ1) is 18.2. The molecule has 2 N–H and O–H groups in total. The summed E-state index contributed by atoms with van der Waals surface area (Å²) in [4.78, 5) is 23.5. The van der Waals surface area contributed by atoms with E-state index in [1.54, 1.807) is 24.3 Å². The molecule has 1 fully saturated rings. The van der Waals surface area contributed by atoms with E-state index in [9.17, 15) is 9.59 Å². The fourth-order valence-electron chi connectivity index (χ4n) is 2.72. The standard InChI is InChI=1S/C18H20N2O3.ClH/c1-12(21)13-4-6-14(7-5-13)16-8-9-17(23-16)18(22)20-15-3-2-10-19-11-15;/h4-9,15,19H,2-3,10-11H2,1H3,(H,20,22);1H/t15-;/m0./s1. The van der Waals surface area contributed by atoms with Gasteiger partial charge < -0.3 is 15.1 Å². The minimum atomic E-state index is -0.190. The molecule has 128 valence electrons. The van der Waals surface area contributed by atoms with Crippen LogP contribution in [0.5, 0.6) is 0 Å². The van der Waals surface area contributed by atoms with E-state index in [-0.39, 0.29) is 30.1 Å². The number of hydrogen-bond donors (Lipinski definition) is 2. The molecule has 1 aliphatic heterocycles. The molecule has 1 amide bonds. The Balaban J connectivity index is 0.00000208. The normalized spacial score (nSPS) is 17.0. The van der Waals surface area contributed by atoms with Crippen molar-refractivity contribution >= 4 is 24.1 Å². The van der Waals surface area contributed by atoms with Gasteiger partial charge in [0, 0.05) is 23.7 Å². The van der Waals surface area contributed by atoms with Gasteiger partial charge in [0.25, 0.3) is 5.91 Å². The summed E-state index contributed by atoms with van der Waals surface area (Å²) in [5.74, 6) is 0.760. The van der Waals surface area contributed by atoms with Crippen molar-refractivity contribution in [3.63, 3.8) is 0 Å². The maximum atomic E-state index is 12.2. The number of benzene rings is 1. The van der Waals surface area contributed by atoms with Gasteiger partial charge in [0.1, 0.15) is 5.76 Å². The van der Waals surface area contributed by atoms with Gasteiger partial charge >= 0.3 is 0 Å². The first-order valence-corrected chi connectivity index (χ1v) is 7.86. The van der Waals surface area contributed by atoms with Crippen LogP contribution in [-0.4, -0.2) is 30.8 Å². The minimum absolute atomic E-state index is 0. The third-order valence-electron chi connectivity index (χ3n) is 4.04. The van der Waals surface area contributed by atoms with Gasteiger partial charge in [-0.25, -0.2) is 0 Å². The number of hydrogen-bond acceptors (Lipinski definition) is 4. The number of carbonyl (C=O) groups excluding carboxylic acids is 2. The number of nitrogens with one attached hydrogen (secondary N) is 2. The summed E-state index contributed by atoms with van der Waals surface area (Å²) >= 11 is 0. The van der Waals surface area contributed by atoms with E-state index < -0.39 is 0 Å². The summed E-state index contributed by atoms with van der Waals surface area (Å²) in [7, 11) is 0. The molecule has 5 nitrogen and oxygen atoms in total. The average molecular weight is 349 g/mol. The molecule has 24 heavy (non-hydrogen) atoms. The summed E-state index contributed by atoms with van der Waals surface area (Å²) in [5, 5.41) is 6.25. The van der Waals surface area contributed by atoms with Gasteiger partial charge in [0.15, 0.2) is 11.5 Å². The molecule has 0 saturated carbocycles. The van der Waals surface area contributed by atoms with Crippen LogP contribution in [0.3, 0.4) is 0 Å². The van der Waals surface area contributed by atoms with Gasteiger partial charge in [-0.2, -0.15) is 0 Å². The van der Waals surface area contributed by atoms with Crippen LogP contribution in [0.25, 0.3) is 11.3 Å². The Kier molecular flexibility index (Phi) is 6.17. The van der Waals surface area contributed by atoms with Crippen LogP contribution in [-0.2, 0) is 0 Å². The zero-order valence-electron chi connectivity index (χ0n) is 13.5. The number of piperidine rings is 1. The number of halogens is 1. The van der Waals surface area contributed by atoms with Crippen molar-refractivity contribution in [2.24, 2.45) is 0 Å². The number of amides is 1. The lowest BCUT2D eigenvalue weighted by atomic mass is 10.1. The van der Waals surface area contributed by atoms with Crippen molar-refractivity contribution in [3.05, 3.63) is 47.7 Å². The third-order valence-corrected chi connectivity index (χ3v) is 4.04. The second-order valence-electron chi connectivity index (χ2n) is 5.81. The van der Waals surface area contributed by atoms with Crippen molar-refractivity contribution in [2.75, 3.05) is 13.1 Å². The van der Waals surface area contributed by atoms with Gasteiger partial charge in [0.2, 0.25) is 0 Å². The fraction of sp³-hybridized carbons (Fsp3) is 0.333. The number of carbonyl (C=O) groups is 2. The number of rotatable bonds is 4. The quantitative estimate of drug-likeness (QED) is 0.833. The third kappa shape index (κ3) is 4.24. The lowest BCUT2D eigenvalue weighted by Crippen LogP contribution is -2.45. The van der Waals surface area contributed by atoms with E-state index in [0.717, 1.165) is 31.5 Å². The van der Waals surface area contributed by atoms with Crippen LogP contribution in [0.15, 0.2) is 40.8 Å². The predicted octanol–water partition coefficient (Wildman–Crippen LogP) is 3.05. The lowest BCUT2D eigenvalue weighted by Gasteiger charge is -2.23. The number of Topliss-reactive ketones (excluding diaryl/α,β-unsaturated/α-hetero) is 1. The Morgan fingerprint density at radius 2 is 1.92 bits per heavy atom. The molecule has 2 heterocycles. The summed E-state index contributed by atoms with van der Waals surface area (Å²) in [5.41, 5.74) is 1.50. The van der Waals surface area contributed by atoms with Crippen molar-refractivity contribution in [1.82, 2.24) is 10.6 Å². The molecule has 1 aliphatic rings. The van der Waals surface area contributed by atoms with Gasteiger partial charge in [-0.15, -0.1) is 12.4 Å². The van der Waals surface area contributed by atoms with Crippen molar-refractivity contribution < 1.29 is 14.0 Å². The Bertz CT molecular complexity index is 703. The van der Waals surface area contributed by atoms with Crippen LogP contribution in [0.1, 0.15) is 40.7 Å². The molecule has 0 spiro atoms. The summed E-state index contributed by atoms with van der Waals surface area (Å²) < 4.78 is 5.66. The number of furan rings is 1. The van der Waals surface area contributed by atoms with E-state index in [1.165, 1.54) is 6.92 Å². The predicted molar refractivity (Wildman–Crippen MR) is 94.8 cm³/mol. The van der Waals surface area contributed by atoms with E-state index in [0.29, 0.717) is 17.1 Å². The van der Waals surface area contributed by atoms with Crippen LogP contribution in [0, 0.1) is 0 Å². The molecule has 2 aromatic rings. The van der Waals surface area contributed by atoms with Gasteiger partial charge in [-0.1, -0.05) is 24.3 Å². The maximum Gasteiger partial charge on any atom is 0.287 e. The molecule has 0 radical (unpaired) electrons. The summed E-state index contributed by atoms with van der Waals surface area (Å²) in [6, 6.07) is 10.8. The highest BCUT2D eigenvalue weighted by Crippen LogP contribution is 2.23. The second-order valence-corrected chi connectivity index (χ2v) is 5.81. The highest BCUT2D eigenvalue weighted by molar-refractivity contribution is 5.94. The summed E-state index contributed by atoms with van der Waals surface area (Å²) in [6.07, 6.45) is 2.05. The molecular weight excluding hydrogens is 328 g/mol. The second kappa shape index (κ2) is 8.13. The molecule has 1 aromatic carbocycles. The fourth-order valence-corrected chi connectivity index (χ4v) is 2.72. The van der Waals surface area contributed by atoms with Crippen molar-refractivity contribution in [3.8, 4) is 11.3 Å². The molecule has 1 aromatic heterocycles. The Morgan fingerprint density at radius 3 is 2.54 bits per heavy atom. The monoisotopic (exact) mass is 348 g/mol. The molecule has 0 unspecified atom stereocenters. The Hall–Kier alpha value is -2.11. The minimum Gasteiger partial charge on any atom is -0.451 e. The molecule has 1 saturated heterocycles. The maximum absolute atomic E-state index is 12.2. The Labute approximate surface area is 147 Å². The van der Waals surface area contributed by atoms with Gasteiger partial charge in [0.05, 0.1) is 0 Å². The van der Waals surface area contributed by atoms with E-state index in [2.05, 4.69) is 10.6 Å². The average Bonchev–Trinajstić information content (AvgIpc) is 3.06. The van der Waals surface area contributed by atoms with Crippen LogP contribution < -0.4 is 10.6 Å². The molecule has 6 heteroatoms. The molecule has 0 aliphatic carbocycles. The highest BCUT2D eigenvalue weighted by atomic mass is 35.5. The van der Waals surface area contributed by atoms with E-state index >= 15 is 0 Å². The van der Waals surface area contributed by atoms with Crippen molar-refractivity contribution in [1.29, 1.82) is 0 Å². The van der Waals surface area contributed by atoms with Crippen LogP contribution in [0.2, 0.25) is 0 Å². The molecule has 0 bridgehead atoms. The lowest BCUT2D eigenvalue weighted by molar-refractivity contribution is 0.0903. The molecular formula is C18H21ClN2O3.